The van der Waals surface area contributed by atoms with Crippen LogP contribution in [0, 0.1) is 13.8 Å². The SMILES string of the molecule is CCNCc1cn[nH]c1S(=O)(=O)Nc1nnc(C)c(C)n1. The van der Waals surface area contributed by atoms with Crippen LogP contribution in [-0.4, -0.2) is 40.3 Å². The molecule has 0 radical (unpaired) electrons. The maximum Gasteiger partial charge on any atom is 0.281 e. The Morgan fingerprint density at radius 3 is 2.67 bits per heavy atom. The lowest BCUT2D eigenvalue weighted by Gasteiger charge is -2.07. The van der Waals surface area contributed by atoms with E-state index in [1.54, 1.807) is 13.8 Å². The molecule has 0 aliphatic carbocycles. The largest absolute Gasteiger partial charge is 0.313 e. The highest BCUT2D eigenvalue weighted by atomic mass is 32.2. The smallest absolute Gasteiger partial charge is 0.281 e. The van der Waals surface area contributed by atoms with E-state index in [1.807, 2.05) is 6.92 Å². The lowest BCUT2D eigenvalue weighted by Crippen LogP contribution is -2.20. The van der Waals surface area contributed by atoms with Gasteiger partial charge in [-0.3, -0.25) is 5.10 Å². The number of aryl methyl sites for hydroxylation is 2. The predicted molar refractivity (Wildman–Crippen MR) is 76.1 cm³/mol. The minimum absolute atomic E-state index is 0.00900. The van der Waals surface area contributed by atoms with E-state index in [4.69, 9.17) is 0 Å². The molecule has 2 rings (SSSR count). The van der Waals surface area contributed by atoms with Gasteiger partial charge in [-0.2, -0.15) is 18.6 Å². The Hall–Kier alpha value is -2.07. The third kappa shape index (κ3) is 3.52. The number of hydrogen-bond acceptors (Lipinski definition) is 7. The van der Waals surface area contributed by atoms with Crippen LogP contribution in [0.5, 0.6) is 0 Å². The average molecular weight is 311 g/mol. The number of H-pyrrole nitrogens is 1. The molecule has 0 spiro atoms. The van der Waals surface area contributed by atoms with Gasteiger partial charge in [0.1, 0.15) is 0 Å². The van der Waals surface area contributed by atoms with Gasteiger partial charge in [0.15, 0.2) is 5.03 Å². The molecule has 0 aliphatic heterocycles. The number of sulfonamides is 1. The molecule has 9 nitrogen and oxygen atoms in total. The maximum absolute atomic E-state index is 12.3. The van der Waals surface area contributed by atoms with Crippen molar-refractivity contribution in [2.24, 2.45) is 0 Å². The summed E-state index contributed by atoms with van der Waals surface area (Å²) in [6, 6.07) is 0. The van der Waals surface area contributed by atoms with Gasteiger partial charge in [-0.25, -0.2) is 9.71 Å². The van der Waals surface area contributed by atoms with Crippen molar-refractivity contribution in [3.05, 3.63) is 23.1 Å². The highest BCUT2D eigenvalue weighted by Crippen LogP contribution is 2.15. The quantitative estimate of drug-likeness (QED) is 0.692. The summed E-state index contributed by atoms with van der Waals surface area (Å²) in [4.78, 5) is 4.05. The molecule has 0 fully saturated rings. The Morgan fingerprint density at radius 2 is 2.00 bits per heavy atom. The van der Waals surface area contributed by atoms with E-state index in [1.165, 1.54) is 6.20 Å². The van der Waals surface area contributed by atoms with Crippen molar-refractivity contribution in [1.29, 1.82) is 0 Å². The Balaban J connectivity index is 2.26. The molecule has 0 amide bonds. The van der Waals surface area contributed by atoms with Gasteiger partial charge in [0.25, 0.3) is 16.0 Å². The highest BCUT2D eigenvalue weighted by Gasteiger charge is 2.22. The van der Waals surface area contributed by atoms with Crippen LogP contribution in [0.25, 0.3) is 0 Å². The van der Waals surface area contributed by atoms with E-state index in [0.717, 1.165) is 6.54 Å². The molecule has 114 valence electrons. The average Bonchev–Trinajstić information content (AvgIpc) is 2.89. The molecule has 3 N–H and O–H groups in total. The van der Waals surface area contributed by atoms with Gasteiger partial charge in [0.2, 0.25) is 0 Å². The lowest BCUT2D eigenvalue weighted by atomic mass is 10.3. The van der Waals surface area contributed by atoms with Crippen LogP contribution in [0.3, 0.4) is 0 Å². The van der Waals surface area contributed by atoms with Crippen molar-refractivity contribution < 1.29 is 8.42 Å². The van der Waals surface area contributed by atoms with E-state index in [-0.39, 0.29) is 11.0 Å². The number of nitrogens with one attached hydrogen (secondary N) is 3. The summed E-state index contributed by atoms with van der Waals surface area (Å²) in [5.74, 6) is -0.0675. The highest BCUT2D eigenvalue weighted by molar-refractivity contribution is 7.92. The van der Waals surface area contributed by atoms with Crippen molar-refractivity contribution in [1.82, 2.24) is 30.7 Å². The summed E-state index contributed by atoms with van der Waals surface area (Å²) in [5, 5.41) is 16.9. The molecule has 2 heterocycles. The molecule has 0 aliphatic rings. The summed E-state index contributed by atoms with van der Waals surface area (Å²) in [6.45, 7) is 6.53. The minimum atomic E-state index is -3.83. The monoisotopic (exact) mass is 311 g/mol. The number of rotatable bonds is 6. The van der Waals surface area contributed by atoms with Crippen molar-refractivity contribution >= 4 is 16.0 Å². The number of hydrogen-bond donors (Lipinski definition) is 3. The Labute approximate surface area is 122 Å². The molecule has 0 saturated heterocycles. The van der Waals surface area contributed by atoms with Gasteiger partial charge in [0, 0.05) is 12.1 Å². The van der Waals surface area contributed by atoms with Crippen LogP contribution in [0.2, 0.25) is 0 Å². The minimum Gasteiger partial charge on any atom is -0.313 e. The molecule has 0 saturated carbocycles. The normalized spacial score (nSPS) is 11.6. The summed E-state index contributed by atoms with van der Waals surface area (Å²) >= 11 is 0. The van der Waals surface area contributed by atoms with Gasteiger partial charge in [-0.15, -0.1) is 5.10 Å². The van der Waals surface area contributed by atoms with Crippen LogP contribution < -0.4 is 10.0 Å². The standard InChI is InChI=1S/C11H17N7O2S/c1-4-12-5-9-6-13-16-10(9)21(19,20)18-11-14-7(2)8(3)15-17-11/h6,12H,4-5H2,1-3H3,(H,13,16)(H,14,17,18). The van der Waals surface area contributed by atoms with E-state index in [0.29, 0.717) is 23.5 Å². The third-order valence-corrected chi connectivity index (χ3v) is 4.17. The summed E-state index contributed by atoms with van der Waals surface area (Å²) < 4.78 is 26.9. The van der Waals surface area contributed by atoms with Crippen molar-refractivity contribution in [3.8, 4) is 0 Å². The van der Waals surface area contributed by atoms with Crippen molar-refractivity contribution in [3.63, 3.8) is 0 Å². The molecule has 0 aromatic carbocycles. The molecule has 2 aromatic heterocycles. The third-order valence-electron chi connectivity index (χ3n) is 2.83. The number of aromatic nitrogens is 5. The van der Waals surface area contributed by atoms with Gasteiger partial charge < -0.3 is 5.32 Å². The molecule has 0 unspecified atom stereocenters. The fourth-order valence-electron chi connectivity index (χ4n) is 1.59. The summed E-state index contributed by atoms with van der Waals surface area (Å²) in [7, 11) is -3.83. The van der Waals surface area contributed by atoms with Gasteiger partial charge in [-0.1, -0.05) is 6.92 Å². The van der Waals surface area contributed by atoms with Crippen LogP contribution >= 0.6 is 0 Å². The van der Waals surface area contributed by atoms with E-state index >= 15 is 0 Å². The zero-order valence-corrected chi connectivity index (χ0v) is 12.8. The first-order valence-corrected chi connectivity index (χ1v) is 7.86. The van der Waals surface area contributed by atoms with Crippen LogP contribution in [0.4, 0.5) is 5.95 Å². The van der Waals surface area contributed by atoms with Gasteiger partial charge >= 0.3 is 0 Å². The molecular formula is C11H17N7O2S. The first-order valence-electron chi connectivity index (χ1n) is 6.37. The van der Waals surface area contributed by atoms with E-state index in [2.05, 4.69) is 35.4 Å². The number of anilines is 1. The maximum atomic E-state index is 12.3. The first-order chi connectivity index (χ1) is 9.94. The first kappa shape index (κ1) is 15.3. The predicted octanol–water partition coefficient (Wildman–Crippen LogP) is 0.122. The van der Waals surface area contributed by atoms with Crippen LogP contribution in [0.15, 0.2) is 11.2 Å². The Kier molecular flexibility index (Phi) is 4.48. The van der Waals surface area contributed by atoms with Crippen molar-refractivity contribution in [2.45, 2.75) is 32.3 Å². The van der Waals surface area contributed by atoms with Gasteiger partial charge in [0.05, 0.1) is 17.6 Å². The summed E-state index contributed by atoms with van der Waals surface area (Å²) in [6.07, 6.45) is 1.47. The number of nitrogens with zero attached hydrogens (tertiary/aromatic N) is 4. The van der Waals surface area contributed by atoms with E-state index < -0.39 is 10.0 Å². The van der Waals surface area contributed by atoms with Gasteiger partial charge in [-0.05, 0) is 20.4 Å². The Bertz CT molecular complexity index is 726. The van der Waals surface area contributed by atoms with Crippen LogP contribution in [0.1, 0.15) is 23.9 Å². The second-order valence-electron chi connectivity index (χ2n) is 4.42. The van der Waals surface area contributed by atoms with E-state index in [9.17, 15) is 8.42 Å². The molecule has 0 bridgehead atoms. The second kappa shape index (κ2) is 6.14. The zero-order chi connectivity index (χ0) is 15.5. The fraction of sp³-hybridized carbons (Fsp3) is 0.455. The molecule has 10 heteroatoms. The Morgan fingerprint density at radius 1 is 1.24 bits per heavy atom. The topological polar surface area (TPSA) is 126 Å². The zero-order valence-electron chi connectivity index (χ0n) is 12.0. The molecule has 2 aromatic rings. The van der Waals surface area contributed by atoms with Crippen LogP contribution in [-0.2, 0) is 16.6 Å². The molecular weight excluding hydrogens is 294 g/mol. The number of aromatic amines is 1. The summed E-state index contributed by atoms with van der Waals surface area (Å²) in [5.41, 5.74) is 1.80. The fourth-order valence-corrected chi connectivity index (χ4v) is 2.66. The molecule has 21 heavy (non-hydrogen) atoms. The second-order valence-corrected chi connectivity index (χ2v) is 6.04. The molecule has 0 atom stereocenters. The lowest BCUT2D eigenvalue weighted by molar-refractivity contribution is 0.593. The van der Waals surface area contributed by atoms with Crippen molar-refractivity contribution in [2.75, 3.05) is 11.3 Å².